The molecule has 4 heterocycles. The maximum absolute atomic E-state index is 14.0. The van der Waals surface area contributed by atoms with Crippen molar-refractivity contribution in [3.63, 3.8) is 0 Å². The van der Waals surface area contributed by atoms with Crippen molar-refractivity contribution in [2.45, 2.75) is 101 Å². The summed E-state index contributed by atoms with van der Waals surface area (Å²) in [5.74, 6) is -0.793. The predicted octanol–water partition coefficient (Wildman–Crippen LogP) is 3.98. The second-order valence-electron chi connectivity index (χ2n) is 13.7. The molecule has 2 fully saturated rings. The standard InChI is InChI=1S/C35H48ClN3O10S/c1-20-10-9-11-25(46-8)35(44)18-27(48-32(43)37-35)34(4)19-33(3,49-34)26(47-31(42)21(2)38(5)28(40)12-13-50)17-29(41)39(6)23-15-22(14-20)16-24(45-7)30(23)36/h9-11,15-16,21,25-27,44,50H,12-14,17-19H2,1-8H3,(H,37,43)/b11-9+,20-10+/t21-,25?,26-,27?,33?,34-,35?/m0/s1. The Bertz CT molecular complexity index is 1550. The molecule has 0 radical (unpaired) electrons. The van der Waals surface area contributed by atoms with Gasteiger partial charge in [0.15, 0.2) is 5.72 Å². The van der Waals surface area contributed by atoms with Crippen LogP contribution in [0.3, 0.4) is 0 Å². The zero-order chi connectivity index (χ0) is 37.2. The minimum absolute atomic E-state index is 0.0950. The van der Waals surface area contributed by atoms with E-state index in [4.69, 9.17) is 35.3 Å². The van der Waals surface area contributed by atoms with Crippen LogP contribution < -0.4 is 15.0 Å². The molecule has 7 atom stereocenters. The number of amides is 3. The van der Waals surface area contributed by atoms with E-state index < -0.39 is 59.3 Å². The third kappa shape index (κ3) is 8.25. The van der Waals surface area contributed by atoms with E-state index >= 15 is 0 Å². The number of nitrogens with one attached hydrogen (secondary N) is 1. The molecule has 1 aromatic rings. The van der Waals surface area contributed by atoms with Crippen molar-refractivity contribution in [1.29, 1.82) is 0 Å². The number of hydrogen-bond acceptors (Lipinski definition) is 11. The Labute approximate surface area is 303 Å². The van der Waals surface area contributed by atoms with Crippen LogP contribution in [-0.2, 0) is 39.8 Å². The number of aliphatic hydroxyl groups is 1. The summed E-state index contributed by atoms with van der Waals surface area (Å²) < 4.78 is 29.3. The number of carbonyl (C=O) groups is 4. The molecule has 276 valence electrons. The molecule has 3 amide bonds. The van der Waals surface area contributed by atoms with E-state index in [1.54, 1.807) is 45.2 Å². The number of anilines is 1. The molecule has 0 aromatic heterocycles. The quantitative estimate of drug-likeness (QED) is 0.277. The number of hydrogen-bond donors (Lipinski definition) is 3. The fourth-order valence-corrected chi connectivity index (χ4v) is 7.29. The van der Waals surface area contributed by atoms with E-state index in [0.717, 1.165) is 11.1 Å². The first-order chi connectivity index (χ1) is 23.4. The maximum Gasteiger partial charge on any atom is 0.409 e. The van der Waals surface area contributed by atoms with Crippen LogP contribution in [0.2, 0.25) is 5.02 Å². The molecule has 0 saturated carbocycles. The van der Waals surface area contributed by atoms with E-state index in [9.17, 15) is 24.3 Å². The lowest BCUT2D eigenvalue weighted by Crippen LogP contribution is -2.72. The fraction of sp³-hybridized carbons (Fsp3) is 0.600. The Kier molecular flexibility index (Phi) is 12.3. The van der Waals surface area contributed by atoms with E-state index in [2.05, 4.69) is 17.9 Å². The summed E-state index contributed by atoms with van der Waals surface area (Å²) in [4.78, 5) is 55.6. The van der Waals surface area contributed by atoms with Crippen molar-refractivity contribution < 1.29 is 48.0 Å². The van der Waals surface area contributed by atoms with Crippen LogP contribution in [0.4, 0.5) is 10.5 Å². The zero-order valence-electron chi connectivity index (χ0n) is 29.8. The number of alkyl carbamates (subject to hydrolysis) is 1. The van der Waals surface area contributed by atoms with Crippen molar-refractivity contribution in [3.05, 3.63) is 46.5 Å². The number of carbonyl (C=O) groups excluding carboxylic acids is 4. The normalized spacial score (nSPS) is 32.3. The maximum atomic E-state index is 14.0. The molecule has 0 aliphatic carbocycles. The van der Waals surface area contributed by atoms with Crippen molar-refractivity contribution in [1.82, 2.24) is 10.2 Å². The molecule has 0 spiro atoms. The number of allylic oxidation sites excluding steroid dienone is 3. The van der Waals surface area contributed by atoms with Gasteiger partial charge < -0.3 is 38.6 Å². The average molecular weight is 738 g/mol. The van der Waals surface area contributed by atoms with Gasteiger partial charge in [-0.25, -0.2) is 9.59 Å². The largest absolute Gasteiger partial charge is 0.495 e. The molecule has 15 heteroatoms. The van der Waals surface area contributed by atoms with Crippen LogP contribution in [-0.4, -0.2) is 109 Å². The first-order valence-electron chi connectivity index (χ1n) is 16.4. The Hall–Kier alpha value is -3.30. The number of halogens is 1. The van der Waals surface area contributed by atoms with Crippen LogP contribution in [0.15, 0.2) is 35.9 Å². The monoisotopic (exact) mass is 737 g/mol. The Balaban J connectivity index is 1.78. The number of ether oxygens (including phenoxy) is 5. The van der Waals surface area contributed by atoms with E-state index in [-0.39, 0.29) is 36.6 Å². The van der Waals surface area contributed by atoms with Gasteiger partial charge in [-0.05, 0) is 57.6 Å². The highest BCUT2D eigenvalue weighted by Crippen LogP contribution is 2.50. The van der Waals surface area contributed by atoms with Gasteiger partial charge in [-0.15, -0.1) is 0 Å². The zero-order valence-corrected chi connectivity index (χ0v) is 31.4. The average Bonchev–Trinajstić information content (AvgIpc) is 3.04. The number of esters is 1. The molecule has 2 saturated heterocycles. The summed E-state index contributed by atoms with van der Waals surface area (Å²) in [5.41, 5.74) is -2.11. The van der Waals surface area contributed by atoms with Crippen molar-refractivity contribution in [2.24, 2.45) is 0 Å². The number of fused-ring (bicyclic) bond motifs is 6. The van der Waals surface area contributed by atoms with Gasteiger partial charge in [0.1, 0.15) is 46.3 Å². The summed E-state index contributed by atoms with van der Waals surface area (Å²) >= 11 is 10.8. The number of rotatable bonds is 7. The van der Waals surface area contributed by atoms with Gasteiger partial charge in [0, 0.05) is 40.5 Å². The van der Waals surface area contributed by atoms with Gasteiger partial charge >= 0.3 is 12.1 Å². The van der Waals surface area contributed by atoms with Crippen LogP contribution in [0.1, 0.15) is 58.9 Å². The van der Waals surface area contributed by atoms with Crippen LogP contribution in [0.5, 0.6) is 5.75 Å². The number of nitrogens with zero attached hydrogens (tertiary/aromatic N) is 2. The summed E-state index contributed by atoms with van der Waals surface area (Å²) in [6.45, 7) is 6.88. The highest BCUT2D eigenvalue weighted by Gasteiger charge is 2.63. The lowest BCUT2D eigenvalue weighted by atomic mass is 9.72. The highest BCUT2D eigenvalue weighted by atomic mass is 35.5. The molecule has 13 nitrogen and oxygen atoms in total. The van der Waals surface area contributed by atoms with E-state index in [1.807, 2.05) is 13.0 Å². The Morgan fingerprint density at radius 1 is 1.24 bits per heavy atom. The van der Waals surface area contributed by atoms with Gasteiger partial charge in [0.25, 0.3) is 0 Å². The second-order valence-corrected chi connectivity index (χ2v) is 14.5. The summed E-state index contributed by atoms with van der Waals surface area (Å²) in [6.07, 6.45) is 1.68. The molecule has 4 aliphatic rings. The first kappa shape index (κ1) is 39.5. The first-order valence-corrected chi connectivity index (χ1v) is 17.4. The molecule has 1 aromatic carbocycles. The molecule has 2 N–H and O–H groups in total. The van der Waals surface area contributed by atoms with Crippen molar-refractivity contribution in [3.8, 4) is 5.75 Å². The number of likely N-dealkylation sites (N-methyl/N-ethyl adjacent to an activating group) is 1. The van der Waals surface area contributed by atoms with Crippen molar-refractivity contribution >= 4 is 53.8 Å². The summed E-state index contributed by atoms with van der Waals surface area (Å²) in [5, 5.41) is 14.4. The predicted molar refractivity (Wildman–Crippen MR) is 189 cm³/mol. The number of benzene rings is 1. The molecule has 5 rings (SSSR count). The van der Waals surface area contributed by atoms with Gasteiger partial charge in [-0.1, -0.05) is 35.4 Å². The molecular formula is C35H48ClN3O10S. The van der Waals surface area contributed by atoms with Crippen LogP contribution in [0, 0.1) is 0 Å². The van der Waals surface area contributed by atoms with Gasteiger partial charge in [0.05, 0.1) is 19.2 Å². The Morgan fingerprint density at radius 2 is 1.92 bits per heavy atom. The summed E-state index contributed by atoms with van der Waals surface area (Å²) in [7, 11) is 5.97. The number of methoxy groups -OCH3 is 2. The van der Waals surface area contributed by atoms with E-state index in [1.165, 1.54) is 38.0 Å². The minimum Gasteiger partial charge on any atom is -0.495 e. The number of thiol groups is 1. The molecule has 6 bridgehead atoms. The third-order valence-corrected chi connectivity index (χ3v) is 10.4. The van der Waals surface area contributed by atoms with Gasteiger partial charge in [0.2, 0.25) is 11.8 Å². The molecule has 4 aliphatic heterocycles. The fourth-order valence-electron chi connectivity index (χ4n) is 6.78. The minimum atomic E-state index is -1.85. The lowest BCUT2D eigenvalue weighted by molar-refractivity contribution is -0.328. The summed E-state index contributed by atoms with van der Waals surface area (Å²) in [6, 6.07) is 2.60. The van der Waals surface area contributed by atoms with Crippen LogP contribution >= 0.6 is 24.2 Å². The lowest BCUT2D eigenvalue weighted by Gasteiger charge is -2.59. The van der Waals surface area contributed by atoms with E-state index in [0.29, 0.717) is 23.6 Å². The van der Waals surface area contributed by atoms with Gasteiger partial charge in [-0.3, -0.25) is 14.9 Å². The Morgan fingerprint density at radius 3 is 2.54 bits per heavy atom. The third-order valence-electron chi connectivity index (χ3n) is 9.76. The topological polar surface area (TPSA) is 153 Å². The van der Waals surface area contributed by atoms with Crippen LogP contribution in [0.25, 0.3) is 0 Å². The molecule has 50 heavy (non-hydrogen) atoms. The SMILES string of the molecule is COc1cc2cc(c1Cl)N(C)C(=O)C[C@H](OC(=O)[C@H](C)N(C)C(=O)CCS)C1(C)C[C@](C)(O1)C1CC(O)(NC(=O)O1)C(OC)/C=C/C=C(\C)C2. The smallest absolute Gasteiger partial charge is 0.409 e. The second kappa shape index (κ2) is 15.5. The van der Waals surface area contributed by atoms with Crippen molar-refractivity contribution in [2.75, 3.05) is 39.0 Å². The molecular weight excluding hydrogens is 690 g/mol. The van der Waals surface area contributed by atoms with Gasteiger partial charge in [-0.2, -0.15) is 12.6 Å². The highest BCUT2D eigenvalue weighted by molar-refractivity contribution is 7.80. The molecule has 4 unspecified atom stereocenters.